The fraction of sp³-hybridized carbons (Fsp3) is 0.667. The minimum Gasteiger partial charge on any atom is -0.382 e. The van der Waals surface area contributed by atoms with E-state index in [-0.39, 0.29) is 0 Å². The van der Waals surface area contributed by atoms with Gasteiger partial charge < -0.3 is 16.0 Å². The van der Waals surface area contributed by atoms with Crippen molar-refractivity contribution in [2.75, 3.05) is 30.7 Å². The SMILES string of the molecule is CCCN1CCC(Nc2ccc(N)nn2)CC1. The summed E-state index contributed by atoms with van der Waals surface area (Å²) in [4.78, 5) is 2.52. The summed E-state index contributed by atoms with van der Waals surface area (Å²) in [5, 5.41) is 11.3. The highest BCUT2D eigenvalue weighted by molar-refractivity contribution is 5.39. The van der Waals surface area contributed by atoms with E-state index in [0.29, 0.717) is 11.9 Å². The van der Waals surface area contributed by atoms with Crippen molar-refractivity contribution in [3.05, 3.63) is 12.1 Å². The molecule has 1 aromatic heterocycles. The van der Waals surface area contributed by atoms with Crippen molar-refractivity contribution in [3.63, 3.8) is 0 Å². The lowest BCUT2D eigenvalue weighted by molar-refractivity contribution is 0.219. The molecule has 94 valence electrons. The van der Waals surface area contributed by atoms with Crippen molar-refractivity contribution in [1.29, 1.82) is 0 Å². The highest BCUT2D eigenvalue weighted by Crippen LogP contribution is 2.15. The number of hydrogen-bond donors (Lipinski definition) is 2. The molecule has 0 spiro atoms. The molecule has 0 atom stereocenters. The largest absolute Gasteiger partial charge is 0.382 e. The first kappa shape index (κ1) is 12.1. The molecule has 1 aliphatic rings. The molecule has 0 aromatic carbocycles. The molecule has 2 rings (SSSR count). The van der Waals surface area contributed by atoms with Crippen LogP contribution in [0, 0.1) is 0 Å². The first-order valence-corrected chi connectivity index (χ1v) is 6.36. The average Bonchev–Trinajstić information content (AvgIpc) is 2.35. The van der Waals surface area contributed by atoms with E-state index in [1.807, 2.05) is 6.07 Å². The number of nitrogens with one attached hydrogen (secondary N) is 1. The monoisotopic (exact) mass is 235 g/mol. The van der Waals surface area contributed by atoms with Gasteiger partial charge in [0.1, 0.15) is 11.6 Å². The molecular weight excluding hydrogens is 214 g/mol. The second-order valence-corrected chi connectivity index (χ2v) is 4.60. The maximum absolute atomic E-state index is 5.50. The topological polar surface area (TPSA) is 67.1 Å². The Kier molecular flexibility index (Phi) is 4.14. The first-order valence-electron chi connectivity index (χ1n) is 6.36. The second-order valence-electron chi connectivity index (χ2n) is 4.60. The van der Waals surface area contributed by atoms with E-state index < -0.39 is 0 Å². The minimum absolute atomic E-state index is 0.466. The number of aromatic nitrogens is 2. The number of piperidine rings is 1. The molecule has 0 saturated carbocycles. The van der Waals surface area contributed by atoms with Crippen LogP contribution < -0.4 is 11.1 Å². The summed E-state index contributed by atoms with van der Waals surface area (Å²) in [6.07, 6.45) is 3.58. The molecular formula is C12H21N5. The van der Waals surface area contributed by atoms with E-state index in [9.17, 15) is 0 Å². The predicted molar refractivity (Wildman–Crippen MR) is 69.8 cm³/mol. The highest BCUT2D eigenvalue weighted by Gasteiger charge is 2.18. The molecule has 3 N–H and O–H groups in total. The molecule has 1 aliphatic heterocycles. The van der Waals surface area contributed by atoms with Gasteiger partial charge in [0.05, 0.1) is 0 Å². The fourth-order valence-corrected chi connectivity index (χ4v) is 2.25. The lowest BCUT2D eigenvalue weighted by atomic mass is 10.0. The van der Waals surface area contributed by atoms with Gasteiger partial charge in [-0.25, -0.2) is 0 Å². The van der Waals surface area contributed by atoms with Crippen LogP contribution >= 0.6 is 0 Å². The Morgan fingerprint density at radius 1 is 1.35 bits per heavy atom. The summed E-state index contributed by atoms with van der Waals surface area (Å²) in [5.41, 5.74) is 5.50. The molecule has 2 heterocycles. The van der Waals surface area contributed by atoms with Crippen molar-refractivity contribution in [1.82, 2.24) is 15.1 Å². The maximum Gasteiger partial charge on any atom is 0.149 e. The van der Waals surface area contributed by atoms with Gasteiger partial charge in [-0.05, 0) is 37.9 Å². The molecule has 0 amide bonds. The van der Waals surface area contributed by atoms with Crippen LogP contribution in [0.25, 0.3) is 0 Å². The number of anilines is 2. The van der Waals surface area contributed by atoms with Gasteiger partial charge in [-0.2, -0.15) is 0 Å². The lowest BCUT2D eigenvalue weighted by Gasteiger charge is -2.32. The summed E-state index contributed by atoms with van der Waals surface area (Å²) in [5.74, 6) is 1.29. The molecule has 1 fully saturated rings. The van der Waals surface area contributed by atoms with Crippen molar-refractivity contribution < 1.29 is 0 Å². The van der Waals surface area contributed by atoms with Gasteiger partial charge in [0.25, 0.3) is 0 Å². The van der Waals surface area contributed by atoms with E-state index in [2.05, 4.69) is 27.3 Å². The molecule has 0 bridgehead atoms. The quantitative estimate of drug-likeness (QED) is 0.824. The highest BCUT2D eigenvalue weighted by atomic mass is 15.2. The minimum atomic E-state index is 0.466. The molecule has 0 aliphatic carbocycles. The van der Waals surface area contributed by atoms with Crippen LogP contribution in [0.15, 0.2) is 12.1 Å². The average molecular weight is 235 g/mol. The Hall–Kier alpha value is -1.36. The van der Waals surface area contributed by atoms with E-state index >= 15 is 0 Å². The van der Waals surface area contributed by atoms with Crippen molar-refractivity contribution in [2.24, 2.45) is 0 Å². The third kappa shape index (κ3) is 3.56. The summed E-state index contributed by atoms with van der Waals surface area (Å²) in [6.45, 7) is 5.80. The van der Waals surface area contributed by atoms with Crippen LogP contribution in [-0.2, 0) is 0 Å². The molecule has 5 heteroatoms. The normalized spacial score (nSPS) is 18.2. The molecule has 1 aromatic rings. The summed E-state index contributed by atoms with van der Waals surface area (Å²) in [7, 11) is 0. The fourth-order valence-electron chi connectivity index (χ4n) is 2.25. The summed E-state index contributed by atoms with van der Waals surface area (Å²) in [6, 6.07) is 4.18. The van der Waals surface area contributed by atoms with Crippen LogP contribution in [0.1, 0.15) is 26.2 Å². The van der Waals surface area contributed by atoms with Gasteiger partial charge >= 0.3 is 0 Å². The van der Waals surface area contributed by atoms with E-state index in [1.54, 1.807) is 6.07 Å². The van der Waals surface area contributed by atoms with Crippen LogP contribution in [0.2, 0.25) is 0 Å². The second kappa shape index (κ2) is 5.82. The smallest absolute Gasteiger partial charge is 0.149 e. The van der Waals surface area contributed by atoms with E-state index in [1.165, 1.54) is 38.9 Å². The molecule has 17 heavy (non-hydrogen) atoms. The predicted octanol–water partition coefficient (Wildman–Crippen LogP) is 1.35. The summed E-state index contributed by atoms with van der Waals surface area (Å²) >= 11 is 0. The van der Waals surface area contributed by atoms with Crippen LogP contribution in [-0.4, -0.2) is 40.8 Å². The van der Waals surface area contributed by atoms with Gasteiger partial charge in [-0.15, -0.1) is 10.2 Å². The standard InChI is InChI=1S/C12H21N5/c1-2-7-17-8-5-10(6-9-17)14-12-4-3-11(13)15-16-12/h3-4,10H,2,5-9H2,1H3,(H2,13,15)(H,14,16). The van der Waals surface area contributed by atoms with Crippen LogP contribution in [0.4, 0.5) is 11.6 Å². The number of nitrogens with two attached hydrogens (primary N) is 1. The zero-order valence-electron chi connectivity index (χ0n) is 10.4. The Morgan fingerprint density at radius 3 is 2.71 bits per heavy atom. The first-order chi connectivity index (χ1) is 8.28. The molecule has 0 radical (unpaired) electrons. The van der Waals surface area contributed by atoms with Crippen LogP contribution in [0.3, 0.4) is 0 Å². The van der Waals surface area contributed by atoms with E-state index in [4.69, 9.17) is 5.73 Å². The third-order valence-electron chi connectivity index (χ3n) is 3.16. The third-order valence-corrected chi connectivity index (χ3v) is 3.16. The number of nitrogen functional groups attached to an aromatic ring is 1. The van der Waals surface area contributed by atoms with Crippen molar-refractivity contribution in [3.8, 4) is 0 Å². The summed E-state index contributed by atoms with van der Waals surface area (Å²) < 4.78 is 0. The zero-order valence-corrected chi connectivity index (χ0v) is 10.4. The van der Waals surface area contributed by atoms with Gasteiger partial charge in [-0.3, -0.25) is 0 Å². The van der Waals surface area contributed by atoms with E-state index in [0.717, 1.165) is 5.82 Å². The molecule has 1 saturated heterocycles. The molecule has 0 unspecified atom stereocenters. The lowest BCUT2D eigenvalue weighted by Crippen LogP contribution is -2.39. The van der Waals surface area contributed by atoms with Crippen molar-refractivity contribution in [2.45, 2.75) is 32.2 Å². The number of rotatable bonds is 4. The number of hydrogen-bond acceptors (Lipinski definition) is 5. The number of nitrogens with zero attached hydrogens (tertiary/aromatic N) is 3. The van der Waals surface area contributed by atoms with Crippen LogP contribution in [0.5, 0.6) is 0 Å². The van der Waals surface area contributed by atoms with Gasteiger partial charge in [-0.1, -0.05) is 6.92 Å². The Morgan fingerprint density at radius 2 is 2.12 bits per heavy atom. The maximum atomic E-state index is 5.50. The Balaban J connectivity index is 1.79. The van der Waals surface area contributed by atoms with Crippen molar-refractivity contribution >= 4 is 11.6 Å². The Bertz CT molecular complexity index is 329. The molecule has 5 nitrogen and oxygen atoms in total. The number of likely N-dealkylation sites (tertiary alicyclic amines) is 1. The van der Waals surface area contributed by atoms with Gasteiger partial charge in [0, 0.05) is 19.1 Å². The van der Waals surface area contributed by atoms with Gasteiger partial charge in [0.2, 0.25) is 0 Å². The van der Waals surface area contributed by atoms with Gasteiger partial charge in [0.15, 0.2) is 0 Å². The zero-order chi connectivity index (χ0) is 12.1. The Labute approximate surface area is 102 Å².